The van der Waals surface area contributed by atoms with Crippen LogP contribution in [0.25, 0.3) is 0 Å². The molecule has 6 nitrogen and oxygen atoms in total. The highest BCUT2D eigenvalue weighted by molar-refractivity contribution is 7.81. The standard InChI is InChI=1S/C42H44O6P/c1-39(2,45-37(43)33-21-13-9-14-22-33)29-31-41(5,6)47-49(35-25-17-11-18-26-35,36-27-19-12-20-28-36)48-42(7,8)32-30-40(3,4)46-38(44)34-23-15-10-16-24-34/h9-28H,1-8H3/q+1. The normalized spacial score (nSPS) is 12.1. The van der Waals surface area contributed by atoms with Crippen LogP contribution in [0.5, 0.6) is 0 Å². The molecule has 49 heavy (non-hydrogen) atoms. The van der Waals surface area contributed by atoms with Crippen molar-refractivity contribution in [2.45, 2.75) is 77.8 Å². The molecule has 0 fully saturated rings. The third-order valence-electron chi connectivity index (χ3n) is 6.95. The van der Waals surface area contributed by atoms with E-state index < -0.39 is 42.1 Å². The predicted octanol–water partition coefficient (Wildman–Crippen LogP) is 8.35. The van der Waals surface area contributed by atoms with Gasteiger partial charge in [-0.3, -0.25) is 0 Å². The lowest BCUT2D eigenvalue weighted by Gasteiger charge is -2.33. The summed E-state index contributed by atoms with van der Waals surface area (Å²) >= 11 is 0. The Labute approximate surface area is 291 Å². The number of ether oxygens (including phenoxy) is 2. The zero-order valence-electron chi connectivity index (χ0n) is 29.4. The highest BCUT2D eigenvalue weighted by atomic mass is 31.2. The molecule has 0 atom stereocenters. The Bertz CT molecular complexity index is 1700. The quantitative estimate of drug-likeness (QED) is 0.0956. The summed E-state index contributed by atoms with van der Waals surface area (Å²) in [5.41, 5.74) is -3.49. The second-order valence-electron chi connectivity index (χ2n) is 13.5. The molecule has 4 aromatic rings. The second kappa shape index (κ2) is 15.2. The summed E-state index contributed by atoms with van der Waals surface area (Å²) in [4.78, 5) is 25.7. The molecule has 252 valence electrons. The molecule has 4 aromatic carbocycles. The molecule has 7 heteroatoms. The fourth-order valence-corrected chi connectivity index (χ4v) is 7.96. The molecule has 0 aliphatic heterocycles. The van der Waals surface area contributed by atoms with Crippen molar-refractivity contribution in [1.82, 2.24) is 0 Å². The minimum Gasteiger partial charge on any atom is -0.443 e. The molecule has 0 amide bonds. The molecule has 0 bridgehead atoms. The van der Waals surface area contributed by atoms with Crippen LogP contribution in [0.2, 0.25) is 0 Å². The van der Waals surface area contributed by atoms with Crippen LogP contribution in [0.3, 0.4) is 0 Å². The lowest BCUT2D eigenvalue weighted by molar-refractivity contribution is 0.0191. The average molecular weight is 676 g/mol. The van der Waals surface area contributed by atoms with Gasteiger partial charge in [-0.05, 0) is 104 Å². The van der Waals surface area contributed by atoms with E-state index in [1.807, 2.05) is 100 Å². The predicted molar refractivity (Wildman–Crippen MR) is 197 cm³/mol. The number of esters is 2. The molecular formula is C42H44O6P+. The smallest absolute Gasteiger partial charge is 0.343 e. The zero-order chi connectivity index (χ0) is 35.8. The van der Waals surface area contributed by atoms with Crippen LogP contribution in [-0.4, -0.2) is 34.3 Å². The van der Waals surface area contributed by atoms with Gasteiger partial charge in [0.25, 0.3) is 0 Å². The molecule has 0 aliphatic carbocycles. The van der Waals surface area contributed by atoms with Crippen molar-refractivity contribution in [3.63, 3.8) is 0 Å². The maximum atomic E-state index is 12.8. The number of carbonyl (C=O) groups excluding carboxylic acids is 2. The molecule has 0 N–H and O–H groups in total. The molecule has 0 saturated carbocycles. The summed E-state index contributed by atoms with van der Waals surface area (Å²) in [5.74, 6) is 11.8. The van der Waals surface area contributed by atoms with Crippen LogP contribution in [0.4, 0.5) is 0 Å². The van der Waals surface area contributed by atoms with Gasteiger partial charge in [0.05, 0.1) is 11.1 Å². The Morgan fingerprint density at radius 3 is 1.00 bits per heavy atom. The van der Waals surface area contributed by atoms with E-state index in [0.29, 0.717) is 11.1 Å². The molecule has 0 saturated heterocycles. The first-order valence-electron chi connectivity index (χ1n) is 16.1. The van der Waals surface area contributed by atoms with E-state index in [9.17, 15) is 9.59 Å². The average Bonchev–Trinajstić information content (AvgIpc) is 3.07. The zero-order valence-corrected chi connectivity index (χ0v) is 30.3. The van der Waals surface area contributed by atoms with Gasteiger partial charge >= 0.3 is 19.7 Å². The molecule has 0 radical (unpaired) electrons. The summed E-state index contributed by atoms with van der Waals surface area (Å²) in [6.07, 6.45) is 0. The molecule has 0 heterocycles. The Morgan fingerprint density at radius 1 is 0.429 bits per heavy atom. The van der Waals surface area contributed by atoms with Gasteiger partial charge in [0.15, 0.2) is 33.0 Å². The van der Waals surface area contributed by atoms with Crippen molar-refractivity contribution in [1.29, 1.82) is 0 Å². The third-order valence-corrected chi connectivity index (χ3v) is 10.3. The minimum atomic E-state index is -3.18. The van der Waals surface area contributed by atoms with Crippen molar-refractivity contribution >= 4 is 30.3 Å². The monoisotopic (exact) mass is 675 g/mol. The fraction of sp³-hybridized carbons (Fsp3) is 0.286. The van der Waals surface area contributed by atoms with Crippen molar-refractivity contribution < 1.29 is 28.1 Å². The summed E-state index contributed by atoms with van der Waals surface area (Å²) in [6.45, 7) is 14.4. The Morgan fingerprint density at radius 2 is 0.694 bits per heavy atom. The van der Waals surface area contributed by atoms with Crippen LogP contribution in [0.15, 0.2) is 121 Å². The lowest BCUT2D eigenvalue weighted by atomic mass is 10.1. The molecule has 4 rings (SSSR count). The van der Waals surface area contributed by atoms with Crippen molar-refractivity contribution in [2.24, 2.45) is 0 Å². The third kappa shape index (κ3) is 10.6. The largest absolute Gasteiger partial charge is 0.443 e. The summed E-state index contributed by atoms with van der Waals surface area (Å²) in [7, 11) is -3.18. The van der Waals surface area contributed by atoms with Gasteiger partial charge in [-0.1, -0.05) is 96.5 Å². The first-order chi connectivity index (χ1) is 23.0. The highest BCUT2D eigenvalue weighted by Gasteiger charge is 2.55. The number of rotatable bonds is 10. The van der Waals surface area contributed by atoms with Crippen molar-refractivity contribution in [3.05, 3.63) is 132 Å². The molecule has 0 aromatic heterocycles. The van der Waals surface area contributed by atoms with Gasteiger partial charge in [0, 0.05) is 0 Å². The fourth-order valence-electron chi connectivity index (χ4n) is 4.70. The van der Waals surface area contributed by atoms with Crippen LogP contribution in [-0.2, 0) is 18.5 Å². The topological polar surface area (TPSA) is 71.1 Å². The maximum absolute atomic E-state index is 12.8. The van der Waals surface area contributed by atoms with Gasteiger partial charge < -0.3 is 9.47 Å². The minimum absolute atomic E-state index is 0.445. The highest BCUT2D eigenvalue weighted by Crippen LogP contribution is 2.63. The summed E-state index contributed by atoms with van der Waals surface area (Å²) < 4.78 is 25.7. The molecule has 0 spiro atoms. The summed E-state index contributed by atoms with van der Waals surface area (Å²) in [5, 5.41) is 1.66. The van der Waals surface area contributed by atoms with E-state index >= 15 is 0 Å². The van der Waals surface area contributed by atoms with Crippen LogP contribution < -0.4 is 10.6 Å². The van der Waals surface area contributed by atoms with Crippen LogP contribution in [0, 0.1) is 23.7 Å². The van der Waals surface area contributed by atoms with E-state index in [1.165, 1.54) is 0 Å². The molecular weight excluding hydrogens is 631 g/mol. The summed E-state index contributed by atoms with van der Waals surface area (Å²) in [6, 6.07) is 37.2. The van der Waals surface area contributed by atoms with E-state index in [0.717, 1.165) is 10.6 Å². The van der Waals surface area contributed by atoms with E-state index in [-0.39, 0.29) is 0 Å². The molecule has 0 unspecified atom stereocenters. The van der Waals surface area contributed by atoms with Crippen LogP contribution in [0.1, 0.15) is 76.1 Å². The van der Waals surface area contributed by atoms with Crippen molar-refractivity contribution in [3.8, 4) is 23.7 Å². The van der Waals surface area contributed by atoms with E-state index in [1.54, 1.807) is 76.2 Å². The number of carbonyl (C=O) groups is 2. The Balaban J connectivity index is 1.70. The Hall–Kier alpha value is -4.71. The van der Waals surface area contributed by atoms with Gasteiger partial charge in [-0.15, -0.1) is 0 Å². The Kier molecular flexibility index (Phi) is 11.5. The SMILES string of the molecule is CC(C)(C#CC(C)(C)O[P+](OC(C)(C)C#CC(C)(C)OC(=O)c1ccccc1)(c1ccccc1)c1ccccc1)OC(=O)c1ccccc1. The van der Waals surface area contributed by atoms with Gasteiger partial charge in [0.1, 0.15) is 0 Å². The second-order valence-corrected chi connectivity index (χ2v) is 16.0. The number of hydrogen-bond acceptors (Lipinski definition) is 6. The van der Waals surface area contributed by atoms with Gasteiger partial charge in [-0.25, -0.2) is 9.59 Å². The van der Waals surface area contributed by atoms with Gasteiger partial charge in [-0.2, -0.15) is 9.05 Å². The van der Waals surface area contributed by atoms with Crippen LogP contribution >= 0.6 is 7.72 Å². The lowest BCUT2D eigenvalue weighted by Crippen LogP contribution is -2.39. The first kappa shape index (κ1) is 37.1. The first-order valence-corrected chi connectivity index (χ1v) is 17.7. The maximum Gasteiger partial charge on any atom is 0.343 e. The van der Waals surface area contributed by atoms with Crippen molar-refractivity contribution in [2.75, 3.05) is 0 Å². The van der Waals surface area contributed by atoms with E-state index in [2.05, 4.69) is 23.7 Å². The number of benzene rings is 4. The van der Waals surface area contributed by atoms with Gasteiger partial charge in [0.2, 0.25) is 0 Å². The molecule has 0 aliphatic rings. The van der Waals surface area contributed by atoms with E-state index in [4.69, 9.17) is 18.5 Å². The number of hydrogen-bond donors (Lipinski definition) is 0.